The van der Waals surface area contributed by atoms with Gasteiger partial charge in [-0.25, -0.2) is 9.63 Å². The summed E-state index contributed by atoms with van der Waals surface area (Å²) in [6.07, 6.45) is 0.957. The standard InChI is InChI=1S/C14H9Cl2N3O6S/c15-8-3-6(12(20)11(16)13(8)21)5-17-19-26(23,24)7-1-2-9-10(4-7)25-14(22)18-9/h1-5,19-21H,(H,18,22)/b17-5+. The lowest BCUT2D eigenvalue weighted by molar-refractivity contribution is 0.450. The third-order valence-corrected chi connectivity index (χ3v) is 5.14. The monoisotopic (exact) mass is 417 g/mol. The first-order chi connectivity index (χ1) is 12.2. The highest BCUT2D eigenvalue weighted by Crippen LogP contribution is 2.40. The Bertz CT molecular complexity index is 1200. The zero-order chi connectivity index (χ0) is 19.1. The number of rotatable bonds is 4. The van der Waals surface area contributed by atoms with Crippen LogP contribution in [0.15, 0.2) is 43.5 Å². The molecule has 0 spiro atoms. The molecule has 0 aliphatic rings. The van der Waals surface area contributed by atoms with Gasteiger partial charge < -0.3 is 14.6 Å². The van der Waals surface area contributed by atoms with Gasteiger partial charge in [0.05, 0.1) is 21.6 Å². The van der Waals surface area contributed by atoms with Crippen molar-refractivity contribution in [2.75, 3.05) is 0 Å². The van der Waals surface area contributed by atoms with Gasteiger partial charge in [0.1, 0.15) is 10.8 Å². The number of fused-ring (bicyclic) bond motifs is 1. The van der Waals surface area contributed by atoms with Crippen LogP contribution in [0.4, 0.5) is 0 Å². The van der Waals surface area contributed by atoms with E-state index in [2.05, 4.69) is 10.1 Å². The number of nitrogens with zero attached hydrogens (tertiary/aromatic N) is 1. The fourth-order valence-electron chi connectivity index (χ4n) is 2.03. The maximum Gasteiger partial charge on any atom is 0.417 e. The lowest BCUT2D eigenvalue weighted by atomic mass is 10.2. The van der Waals surface area contributed by atoms with Crippen molar-refractivity contribution in [3.63, 3.8) is 0 Å². The molecule has 2 aromatic carbocycles. The third-order valence-electron chi connectivity index (χ3n) is 3.28. The highest BCUT2D eigenvalue weighted by molar-refractivity contribution is 7.89. The molecule has 0 bridgehead atoms. The molecule has 0 aliphatic carbocycles. The number of aromatic amines is 1. The largest absolute Gasteiger partial charge is 0.506 e. The molecule has 3 rings (SSSR count). The van der Waals surface area contributed by atoms with E-state index in [1.807, 2.05) is 4.83 Å². The molecule has 9 nitrogen and oxygen atoms in total. The number of phenolic OH excluding ortho intramolecular Hbond substituents is 2. The number of benzene rings is 2. The van der Waals surface area contributed by atoms with Gasteiger partial charge in [0, 0.05) is 11.6 Å². The number of hydrogen-bond acceptors (Lipinski definition) is 7. The molecule has 0 unspecified atom stereocenters. The van der Waals surface area contributed by atoms with E-state index in [1.54, 1.807) is 0 Å². The molecular weight excluding hydrogens is 409 g/mol. The van der Waals surface area contributed by atoms with Crippen molar-refractivity contribution < 1.29 is 23.0 Å². The van der Waals surface area contributed by atoms with E-state index in [1.165, 1.54) is 12.1 Å². The quantitative estimate of drug-likeness (QED) is 0.377. The van der Waals surface area contributed by atoms with E-state index < -0.39 is 32.3 Å². The molecule has 26 heavy (non-hydrogen) atoms. The van der Waals surface area contributed by atoms with Gasteiger partial charge in [-0.2, -0.15) is 13.5 Å². The molecule has 4 N–H and O–H groups in total. The van der Waals surface area contributed by atoms with Crippen molar-refractivity contribution in [1.82, 2.24) is 9.82 Å². The summed E-state index contributed by atoms with van der Waals surface area (Å²) >= 11 is 11.4. The van der Waals surface area contributed by atoms with Crippen LogP contribution in [-0.4, -0.2) is 29.8 Å². The van der Waals surface area contributed by atoms with Crippen LogP contribution in [0.3, 0.4) is 0 Å². The Morgan fingerprint density at radius 3 is 2.65 bits per heavy atom. The Kier molecular flexibility index (Phi) is 4.57. The number of oxazole rings is 1. The van der Waals surface area contributed by atoms with Crippen LogP contribution >= 0.6 is 23.2 Å². The van der Waals surface area contributed by atoms with E-state index >= 15 is 0 Å². The van der Waals surface area contributed by atoms with Crippen LogP contribution in [0, 0.1) is 0 Å². The number of hydrazone groups is 1. The summed E-state index contributed by atoms with van der Waals surface area (Å²) in [5.74, 6) is -1.74. The molecule has 12 heteroatoms. The molecule has 0 fully saturated rings. The average Bonchev–Trinajstić information content (AvgIpc) is 2.96. The Hall–Kier alpha value is -2.69. The Morgan fingerprint density at radius 1 is 1.19 bits per heavy atom. The van der Waals surface area contributed by atoms with E-state index in [-0.39, 0.29) is 21.1 Å². The first kappa shape index (κ1) is 18.1. The van der Waals surface area contributed by atoms with Gasteiger partial charge in [-0.3, -0.25) is 4.98 Å². The van der Waals surface area contributed by atoms with Gasteiger partial charge in [0.2, 0.25) is 0 Å². The zero-order valence-electron chi connectivity index (χ0n) is 12.5. The second-order valence-electron chi connectivity index (χ2n) is 4.98. The summed E-state index contributed by atoms with van der Waals surface area (Å²) in [6.45, 7) is 0. The summed E-state index contributed by atoms with van der Waals surface area (Å²) in [6, 6.07) is 4.91. The van der Waals surface area contributed by atoms with Crippen LogP contribution < -0.4 is 10.6 Å². The predicted molar refractivity (Wildman–Crippen MR) is 94.5 cm³/mol. The third kappa shape index (κ3) is 3.34. The lowest BCUT2D eigenvalue weighted by Gasteiger charge is -2.06. The number of hydrogen-bond donors (Lipinski definition) is 4. The van der Waals surface area contributed by atoms with Crippen molar-refractivity contribution in [3.05, 3.63) is 50.4 Å². The van der Waals surface area contributed by atoms with E-state index in [4.69, 9.17) is 27.6 Å². The molecule has 0 atom stereocenters. The number of sulfonamides is 1. The van der Waals surface area contributed by atoms with Crippen LogP contribution in [-0.2, 0) is 10.0 Å². The van der Waals surface area contributed by atoms with Crippen molar-refractivity contribution >= 4 is 50.5 Å². The Balaban J connectivity index is 1.88. The maximum atomic E-state index is 12.2. The van der Waals surface area contributed by atoms with E-state index in [9.17, 15) is 23.4 Å². The summed E-state index contributed by atoms with van der Waals surface area (Å²) in [5.41, 5.74) is 0.389. The average molecular weight is 418 g/mol. The molecule has 1 aromatic heterocycles. The van der Waals surface area contributed by atoms with Gasteiger partial charge in [-0.05, 0) is 18.2 Å². The molecule has 0 saturated carbocycles. The second-order valence-corrected chi connectivity index (χ2v) is 7.43. The summed E-state index contributed by atoms with van der Waals surface area (Å²) < 4.78 is 29.3. The fourth-order valence-corrected chi connectivity index (χ4v) is 3.30. The van der Waals surface area contributed by atoms with Crippen molar-refractivity contribution in [2.24, 2.45) is 5.10 Å². The topological polar surface area (TPSA) is 145 Å². The molecule has 0 amide bonds. The molecule has 3 aromatic rings. The first-order valence-electron chi connectivity index (χ1n) is 6.76. The minimum Gasteiger partial charge on any atom is -0.506 e. The van der Waals surface area contributed by atoms with Crippen LogP contribution in [0.5, 0.6) is 11.5 Å². The Morgan fingerprint density at radius 2 is 1.92 bits per heavy atom. The minimum absolute atomic E-state index is 0.0208. The normalized spacial score (nSPS) is 12.1. The van der Waals surface area contributed by atoms with Gasteiger partial charge >= 0.3 is 5.76 Å². The second kappa shape index (κ2) is 6.56. The number of phenols is 2. The SMILES string of the molecule is O=c1[nH]c2ccc(S(=O)(=O)N/N=C/c3cc(Cl)c(O)c(Cl)c3O)cc2o1. The smallest absolute Gasteiger partial charge is 0.417 e. The van der Waals surface area contributed by atoms with Gasteiger partial charge in [0.25, 0.3) is 10.0 Å². The van der Waals surface area contributed by atoms with Crippen molar-refractivity contribution in [1.29, 1.82) is 0 Å². The molecule has 0 saturated heterocycles. The first-order valence-corrected chi connectivity index (χ1v) is 9.00. The summed E-state index contributed by atoms with van der Waals surface area (Å²) in [5, 5.41) is 22.3. The predicted octanol–water partition coefficient (Wildman–Crippen LogP) is 2.15. The fraction of sp³-hybridized carbons (Fsp3) is 0. The molecule has 0 radical (unpaired) electrons. The van der Waals surface area contributed by atoms with Crippen molar-refractivity contribution in [2.45, 2.75) is 4.90 Å². The number of nitrogens with one attached hydrogen (secondary N) is 2. The van der Waals surface area contributed by atoms with Gasteiger partial charge in [0.15, 0.2) is 11.3 Å². The highest BCUT2D eigenvalue weighted by atomic mass is 35.5. The molecule has 0 aliphatic heterocycles. The Labute approximate surface area is 155 Å². The molecule has 136 valence electrons. The van der Waals surface area contributed by atoms with Crippen molar-refractivity contribution in [3.8, 4) is 11.5 Å². The molecular formula is C14H9Cl2N3O6S. The van der Waals surface area contributed by atoms with Gasteiger partial charge in [-0.1, -0.05) is 23.2 Å². The van der Waals surface area contributed by atoms with E-state index in [0.29, 0.717) is 5.52 Å². The number of halogens is 2. The zero-order valence-corrected chi connectivity index (χ0v) is 14.9. The maximum absolute atomic E-state index is 12.2. The highest BCUT2D eigenvalue weighted by Gasteiger charge is 2.16. The van der Waals surface area contributed by atoms with Crippen LogP contribution in [0.2, 0.25) is 10.0 Å². The minimum atomic E-state index is -4.07. The summed E-state index contributed by atoms with van der Waals surface area (Å²) in [4.78, 5) is 15.2. The van der Waals surface area contributed by atoms with Crippen LogP contribution in [0.25, 0.3) is 11.1 Å². The number of aromatic nitrogens is 1. The van der Waals surface area contributed by atoms with E-state index in [0.717, 1.165) is 18.3 Å². The number of H-pyrrole nitrogens is 1. The lowest BCUT2D eigenvalue weighted by Crippen LogP contribution is -2.18. The number of aromatic hydroxyl groups is 2. The van der Waals surface area contributed by atoms with Gasteiger partial charge in [-0.15, -0.1) is 0 Å². The summed E-state index contributed by atoms with van der Waals surface area (Å²) in [7, 11) is -4.07. The van der Waals surface area contributed by atoms with Crippen LogP contribution in [0.1, 0.15) is 5.56 Å². The molecule has 1 heterocycles.